The molecule has 10 aromatic rings. The van der Waals surface area contributed by atoms with Crippen LogP contribution in [0.25, 0.3) is 77.2 Å². The summed E-state index contributed by atoms with van der Waals surface area (Å²) in [6.07, 6.45) is 2.08. The largest absolute Gasteiger partial charge is 0.505 e. The first-order valence-corrected chi connectivity index (χ1v) is 61.1. The zero-order valence-corrected chi connectivity index (χ0v) is 91.9. The molecular formula is C117H176F2N2O4Si4. The summed E-state index contributed by atoms with van der Waals surface area (Å²) in [4.78, 5) is 0. The lowest BCUT2D eigenvalue weighted by Gasteiger charge is -2.37. The van der Waals surface area contributed by atoms with Crippen LogP contribution in [0.15, 0.2) is 121 Å². The Kier molecular flexibility index (Phi) is 33.4. The third-order valence-electron chi connectivity index (χ3n) is 27.6. The van der Waals surface area contributed by atoms with E-state index >= 15 is 8.78 Å². The van der Waals surface area contributed by atoms with E-state index < -0.39 is 54.8 Å². The zero-order chi connectivity index (χ0) is 95.8. The van der Waals surface area contributed by atoms with Gasteiger partial charge in [0.1, 0.15) is 34.6 Å². The number of halogens is 2. The van der Waals surface area contributed by atoms with Crippen molar-refractivity contribution in [1.82, 2.24) is 9.13 Å². The van der Waals surface area contributed by atoms with E-state index in [1.165, 1.54) is 115 Å². The van der Waals surface area contributed by atoms with Crippen LogP contribution >= 0.6 is 0 Å². The molecule has 0 radical (unpaired) electrons. The normalized spacial score (nSPS) is 13.5. The van der Waals surface area contributed by atoms with Crippen molar-refractivity contribution < 1.29 is 28.5 Å². The van der Waals surface area contributed by atoms with Crippen molar-refractivity contribution in [1.29, 1.82) is 0 Å². The molecule has 0 amide bonds. The van der Waals surface area contributed by atoms with Crippen molar-refractivity contribution in [3.8, 4) is 56.6 Å². The summed E-state index contributed by atoms with van der Waals surface area (Å²) in [7, 11) is -8.85. The molecule has 0 bridgehead atoms. The van der Waals surface area contributed by atoms with Gasteiger partial charge in [0.25, 0.3) is 0 Å². The maximum atomic E-state index is 17.1. The summed E-state index contributed by atoms with van der Waals surface area (Å²) < 4.78 is 53.4. The van der Waals surface area contributed by atoms with E-state index in [1.807, 2.05) is 13.8 Å². The minimum atomic E-state index is -2.21. The molecule has 0 aliphatic carbocycles. The maximum Gasteiger partial charge on any atom is 0.147 e. The Hall–Kier alpha value is -6.71. The first-order valence-electron chi connectivity index (χ1n) is 50.6. The highest BCUT2D eigenvalue weighted by Crippen LogP contribution is 2.53. The van der Waals surface area contributed by atoms with E-state index in [-0.39, 0.29) is 35.5 Å². The number of rotatable bonds is 42. The number of aromatic nitrogens is 2. The molecule has 6 nitrogen and oxygen atoms in total. The van der Waals surface area contributed by atoms with Gasteiger partial charge in [-0.2, -0.15) is 0 Å². The first-order chi connectivity index (χ1) is 59.8. The second kappa shape index (κ2) is 41.2. The first kappa shape index (κ1) is 104. The highest BCUT2D eigenvalue weighted by molar-refractivity contribution is 6.94. The Labute approximate surface area is 787 Å². The van der Waals surface area contributed by atoms with E-state index in [0.29, 0.717) is 134 Å². The third kappa shape index (κ3) is 24.5. The minimum Gasteiger partial charge on any atom is -0.505 e. The van der Waals surface area contributed by atoms with Gasteiger partial charge < -0.3 is 28.8 Å². The highest BCUT2D eigenvalue weighted by Gasteiger charge is 2.44. The lowest BCUT2D eigenvalue weighted by Crippen LogP contribution is -2.50. The van der Waals surface area contributed by atoms with Gasteiger partial charge in [0.15, 0.2) is 0 Å². The second-order valence-corrected chi connectivity index (χ2v) is 67.6. The van der Waals surface area contributed by atoms with Gasteiger partial charge in [0.2, 0.25) is 0 Å². The summed E-state index contributed by atoms with van der Waals surface area (Å²) in [5.41, 5.74) is 10.1. The average molecular weight is 1830 g/mol. The molecule has 0 saturated carbocycles. The molecular weight excluding hydrogens is 1650 g/mol. The van der Waals surface area contributed by atoms with Gasteiger partial charge in [0, 0.05) is 50.2 Å². The molecule has 0 aliphatic rings. The smallest absolute Gasteiger partial charge is 0.147 e. The minimum absolute atomic E-state index is 0.0732. The van der Waals surface area contributed by atoms with Gasteiger partial charge in [-0.1, -0.05) is 377 Å². The fraction of sp³-hybridized carbons (Fsp3) is 0.590. The molecule has 708 valence electrons. The molecule has 0 spiro atoms. The Morgan fingerprint density at radius 1 is 0.295 bits per heavy atom. The monoisotopic (exact) mass is 1820 g/mol. The van der Waals surface area contributed by atoms with E-state index in [1.54, 1.807) is 24.3 Å². The number of nitrogens with zero attached hydrogens (tertiary/aromatic N) is 2. The predicted octanol–water partition coefficient (Wildman–Crippen LogP) is 33.3. The fourth-order valence-electron chi connectivity index (χ4n) is 25.9. The van der Waals surface area contributed by atoms with Crippen LogP contribution in [0.1, 0.15) is 277 Å². The van der Waals surface area contributed by atoms with E-state index in [2.05, 4.69) is 342 Å². The molecule has 2 aromatic heterocycles. The summed E-state index contributed by atoms with van der Waals surface area (Å²) in [6, 6.07) is 59.5. The number of phenolic OH excluding ortho intramolecular Hbond substituents is 2. The predicted molar refractivity (Wildman–Crippen MR) is 572 cm³/mol. The van der Waals surface area contributed by atoms with E-state index in [9.17, 15) is 10.2 Å². The van der Waals surface area contributed by atoms with Crippen molar-refractivity contribution in [3.63, 3.8) is 0 Å². The van der Waals surface area contributed by atoms with Crippen LogP contribution in [0.2, 0.25) is 72.5 Å². The van der Waals surface area contributed by atoms with Crippen molar-refractivity contribution in [2.24, 2.45) is 81.8 Å². The van der Waals surface area contributed by atoms with Crippen molar-refractivity contribution in [2.75, 3.05) is 13.2 Å². The average Bonchev–Trinajstić information content (AvgIpc) is 1.58. The molecule has 10 rings (SSSR count). The lowest BCUT2D eigenvalue weighted by molar-refractivity contribution is 0.246. The highest BCUT2D eigenvalue weighted by atomic mass is 28.3. The van der Waals surface area contributed by atoms with E-state index in [4.69, 9.17) is 9.47 Å². The SMILES string of the molecule is Cc1cc(F)cc(-c2cc(C(C)(C)CC(C)(C)C)cc(-n3c4cc([Si](CC(C)C)(CC(C)C)CC(C)C)ccc4c4ccc([Si](CC(C)C)(CC(C)C)CC(C)C)cc43)c2O)c1OCCCOc1c(C)cc(F)cc1-c1cc(C(C)(C)CC(C)(C)C)cc(-n2c3cc([Si](CC(C)C)(CC(C)C)CC(C)C)ccc3c3ccc([Si](CC(C)C)(CC(C)C)CC(C)C)cc32)c1O. The quantitative estimate of drug-likeness (QED) is 0.0296. The molecule has 12 heteroatoms. The van der Waals surface area contributed by atoms with Crippen LogP contribution in [0.3, 0.4) is 0 Å². The number of hydrogen-bond acceptors (Lipinski definition) is 4. The molecule has 8 aromatic carbocycles. The lowest BCUT2D eigenvalue weighted by atomic mass is 9.71. The standard InChI is InChI=1S/C117H176F2N2O4Si4/c1-74(2)60-126(61-75(3)4,62-76(5)6)92-38-42-96-97-43-39-93(127(63-77(7)8,64-78(9)10)65-79(11)12)57-105(97)120(104(96)56-92)108-52-88(116(33,34)72-114(27,28)29)50-100(110(108)122)102-54-90(118)48-86(25)112(102)124-46-37-47-125-113-87(26)49-91(119)55-103(113)101-51-89(117(35,36)73-115(30,31)32)53-109(111(101)123)121-106-58-94(128(66-80(13)14,67-81(15)16)68-82(17)18)40-44-98(106)99-45-41-95(59-107(99)121)129(69-83(19)20,70-84(21)22)71-85(23)24/h38-45,48-59,74-85,122-123H,37,46-47,60-73H2,1-36H3. The maximum absolute atomic E-state index is 17.1. The van der Waals surface area contributed by atoms with Gasteiger partial charge >= 0.3 is 0 Å². The van der Waals surface area contributed by atoms with Crippen LogP contribution < -0.4 is 30.2 Å². The van der Waals surface area contributed by atoms with Gasteiger partial charge in [0.05, 0.1) is 79.0 Å². The Morgan fingerprint density at radius 2 is 0.512 bits per heavy atom. The number of phenols is 2. The number of hydrogen-bond donors (Lipinski definition) is 2. The number of ether oxygens (including phenoxy) is 2. The van der Waals surface area contributed by atoms with Crippen molar-refractivity contribution in [2.45, 2.75) is 352 Å². The zero-order valence-electron chi connectivity index (χ0n) is 87.9. The Morgan fingerprint density at radius 3 is 0.713 bits per heavy atom. The molecule has 0 unspecified atom stereocenters. The van der Waals surface area contributed by atoms with Crippen LogP contribution in [0.4, 0.5) is 8.78 Å². The summed E-state index contributed by atoms with van der Waals surface area (Å²) >= 11 is 0. The number of benzene rings is 8. The van der Waals surface area contributed by atoms with Crippen molar-refractivity contribution >= 4 is 96.7 Å². The molecule has 0 saturated heterocycles. The summed E-state index contributed by atoms with van der Waals surface area (Å²) in [5.74, 6) is 6.57. The summed E-state index contributed by atoms with van der Waals surface area (Å²) in [6.45, 7) is 85.4. The molecule has 0 aliphatic heterocycles. The van der Waals surface area contributed by atoms with Crippen molar-refractivity contribution in [3.05, 3.63) is 155 Å². The van der Waals surface area contributed by atoms with Gasteiger partial charge in [-0.15, -0.1) is 0 Å². The molecule has 2 N–H and O–H groups in total. The molecule has 129 heavy (non-hydrogen) atoms. The van der Waals surface area contributed by atoms with Crippen LogP contribution in [0, 0.1) is 107 Å². The molecule has 2 heterocycles. The number of aromatic hydroxyl groups is 2. The summed E-state index contributed by atoms with van der Waals surface area (Å²) in [5, 5.41) is 38.9. The van der Waals surface area contributed by atoms with Crippen LogP contribution in [-0.4, -0.2) is 64.9 Å². The van der Waals surface area contributed by atoms with Crippen LogP contribution in [-0.2, 0) is 10.8 Å². The van der Waals surface area contributed by atoms with Gasteiger partial charge in [-0.3, -0.25) is 0 Å². The number of aryl methyl sites for hydroxylation is 2. The molecule has 0 atom stereocenters. The fourth-order valence-corrected chi connectivity index (χ4v) is 53.0. The second-order valence-electron chi connectivity index (χ2n) is 50.2. The Balaban J connectivity index is 1.17. The van der Waals surface area contributed by atoms with Gasteiger partial charge in [-0.25, -0.2) is 8.78 Å². The van der Waals surface area contributed by atoms with Gasteiger partial charge in [-0.05, 0) is 214 Å². The number of fused-ring (bicyclic) bond motifs is 6. The molecule has 0 fully saturated rings. The topological polar surface area (TPSA) is 68.8 Å². The Bertz CT molecular complexity index is 4880. The van der Waals surface area contributed by atoms with Crippen LogP contribution in [0.5, 0.6) is 23.0 Å². The third-order valence-corrected chi connectivity index (χ3v) is 52.9. The van der Waals surface area contributed by atoms with E-state index in [0.717, 1.165) is 46.0 Å².